The number of aliphatic hydroxyl groups excluding tert-OH is 1. The number of aliphatic hydroxyl groups is 1. The molecule has 0 saturated carbocycles. The van der Waals surface area contributed by atoms with Crippen molar-refractivity contribution in [2.45, 2.75) is 24.3 Å². The Bertz CT molecular complexity index is 674. The van der Waals surface area contributed by atoms with Gasteiger partial charge in [-0.25, -0.2) is 18.4 Å². The van der Waals surface area contributed by atoms with Crippen LogP contribution in [0, 0.1) is 0 Å². The number of hydrogen-bond acceptors (Lipinski definition) is 5. The summed E-state index contributed by atoms with van der Waals surface area (Å²) in [7, 11) is -3.72. The van der Waals surface area contributed by atoms with Crippen molar-refractivity contribution in [2.24, 2.45) is 0 Å². The van der Waals surface area contributed by atoms with E-state index in [-0.39, 0.29) is 10.6 Å². The van der Waals surface area contributed by atoms with Crippen molar-refractivity contribution in [1.82, 2.24) is 9.97 Å². The van der Waals surface area contributed by atoms with Crippen molar-refractivity contribution in [3.63, 3.8) is 0 Å². The van der Waals surface area contributed by atoms with E-state index in [2.05, 4.69) is 14.7 Å². The third-order valence-electron chi connectivity index (χ3n) is 2.75. The summed E-state index contributed by atoms with van der Waals surface area (Å²) in [5.41, 5.74) is 0.855. The minimum atomic E-state index is -3.72. The monoisotopic (exact) mass is 293 g/mol. The third kappa shape index (κ3) is 3.31. The van der Waals surface area contributed by atoms with Gasteiger partial charge in [0.25, 0.3) is 10.0 Å². The molecule has 0 bridgehead atoms. The first kappa shape index (κ1) is 14.4. The lowest BCUT2D eigenvalue weighted by Crippen LogP contribution is -2.13. The maximum Gasteiger partial charge on any atom is 0.262 e. The van der Waals surface area contributed by atoms with Gasteiger partial charge in [-0.3, -0.25) is 4.72 Å². The molecule has 0 saturated heterocycles. The number of hydrogen-bond donors (Lipinski definition) is 2. The average molecular weight is 293 g/mol. The van der Waals surface area contributed by atoms with Crippen molar-refractivity contribution < 1.29 is 13.5 Å². The predicted octanol–water partition coefficient (Wildman–Crippen LogP) is 1.72. The van der Waals surface area contributed by atoms with Crippen LogP contribution in [0.4, 0.5) is 5.69 Å². The van der Waals surface area contributed by atoms with Crippen molar-refractivity contribution in [2.75, 3.05) is 4.72 Å². The number of benzene rings is 1. The second-order valence-corrected chi connectivity index (χ2v) is 5.91. The van der Waals surface area contributed by atoms with Gasteiger partial charge in [0.1, 0.15) is 6.33 Å². The number of rotatable bonds is 5. The van der Waals surface area contributed by atoms with E-state index in [1.165, 1.54) is 30.9 Å². The largest absolute Gasteiger partial charge is 0.388 e. The third-order valence-corrected chi connectivity index (χ3v) is 4.13. The molecule has 1 aromatic carbocycles. The number of aromatic nitrogens is 2. The van der Waals surface area contributed by atoms with Crippen LogP contribution in [0.25, 0.3) is 0 Å². The number of nitrogens with zero attached hydrogens (tertiary/aromatic N) is 2. The van der Waals surface area contributed by atoms with Gasteiger partial charge < -0.3 is 5.11 Å². The zero-order chi connectivity index (χ0) is 14.6. The minimum Gasteiger partial charge on any atom is -0.388 e. The van der Waals surface area contributed by atoms with E-state index in [4.69, 9.17) is 0 Å². The van der Waals surface area contributed by atoms with E-state index in [1.54, 1.807) is 12.1 Å². The quantitative estimate of drug-likeness (QED) is 0.875. The fourth-order valence-corrected chi connectivity index (χ4v) is 2.77. The summed E-state index contributed by atoms with van der Waals surface area (Å²) in [6.45, 7) is 1.82. The highest BCUT2D eigenvalue weighted by Crippen LogP contribution is 2.21. The fraction of sp³-hybridized carbons (Fsp3) is 0.231. The molecule has 0 amide bonds. The molecule has 1 aromatic heterocycles. The van der Waals surface area contributed by atoms with E-state index < -0.39 is 16.1 Å². The summed E-state index contributed by atoms with van der Waals surface area (Å²) in [5, 5.41) is 9.77. The summed E-state index contributed by atoms with van der Waals surface area (Å²) >= 11 is 0. The molecule has 2 rings (SSSR count). The SMILES string of the molecule is CCC(O)c1cccc(S(=O)(=O)Nc2cncnc2)c1. The van der Waals surface area contributed by atoms with Crippen LogP contribution in [0.15, 0.2) is 47.9 Å². The van der Waals surface area contributed by atoms with Crippen molar-refractivity contribution in [3.05, 3.63) is 48.5 Å². The predicted molar refractivity (Wildman–Crippen MR) is 74.5 cm³/mol. The zero-order valence-corrected chi connectivity index (χ0v) is 11.7. The second-order valence-electron chi connectivity index (χ2n) is 4.23. The van der Waals surface area contributed by atoms with Gasteiger partial charge in [0.2, 0.25) is 0 Å². The van der Waals surface area contributed by atoms with Crippen LogP contribution in [0.1, 0.15) is 25.0 Å². The van der Waals surface area contributed by atoms with Crippen molar-refractivity contribution >= 4 is 15.7 Å². The molecular weight excluding hydrogens is 278 g/mol. The Morgan fingerprint density at radius 3 is 2.65 bits per heavy atom. The molecule has 1 heterocycles. The van der Waals surface area contributed by atoms with Gasteiger partial charge in [0, 0.05) is 0 Å². The Hall–Kier alpha value is -1.99. The molecular formula is C13H15N3O3S. The molecule has 1 unspecified atom stereocenters. The average Bonchev–Trinajstić information content (AvgIpc) is 2.47. The molecule has 20 heavy (non-hydrogen) atoms. The first-order valence-corrected chi connectivity index (χ1v) is 7.57. The molecule has 7 heteroatoms. The van der Waals surface area contributed by atoms with Crippen molar-refractivity contribution in [1.29, 1.82) is 0 Å². The second kappa shape index (κ2) is 5.98. The number of nitrogens with one attached hydrogen (secondary N) is 1. The molecule has 0 aliphatic heterocycles. The lowest BCUT2D eigenvalue weighted by atomic mass is 10.1. The van der Waals surface area contributed by atoms with E-state index in [9.17, 15) is 13.5 Å². The molecule has 0 spiro atoms. The molecule has 0 aliphatic rings. The van der Waals surface area contributed by atoms with Gasteiger partial charge in [0.05, 0.1) is 29.1 Å². The highest BCUT2D eigenvalue weighted by molar-refractivity contribution is 7.92. The molecule has 2 aromatic rings. The van der Waals surface area contributed by atoms with Crippen molar-refractivity contribution in [3.8, 4) is 0 Å². The Morgan fingerprint density at radius 1 is 1.30 bits per heavy atom. The highest BCUT2D eigenvalue weighted by Gasteiger charge is 2.16. The maximum absolute atomic E-state index is 12.2. The zero-order valence-electron chi connectivity index (χ0n) is 10.9. The first-order chi connectivity index (χ1) is 9.53. The van der Waals surface area contributed by atoms with Gasteiger partial charge in [0.15, 0.2) is 0 Å². The van der Waals surface area contributed by atoms with Gasteiger partial charge >= 0.3 is 0 Å². The number of sulfonamides is 1. The smallest absolute Gasteiger partial charge is 0.262 e. The van der Waals surface area contributed by atoms with Gasteiger partial charge in [-0.1, -0.05) is 19.1 Å². The maximum atomic E-state index is 12.2. The van der Waals surface area contributed by atoms with Crippen LogP contribution in [0.2, 0.25) is 0 Å². The van der Waals surface area contributed by atoms with Crippen LogP contribution in [-0.4, -0.2) is 23.5 Å². The van der Waals surface area contributed by atoms with Crippen LogP contribution in [0.5, 0.6) is 0 Å². The molecule has 1 atom stereocenters. The molecule has 2 N–H and O–H groups in total. The summed E-state index contributed by atoms with van der Waals surface area (Å²) in [6.07, 6.45) is 3.90. The Kier molecular flexibility index (Phi) is 4.31. The lowest BCUT2D eigenvalue weighted by molar-refractivity contribution is 0.173. The van der Waals surface area contributed by atoms with Gasteiger partial charge in [-0.15, -0.1) is 0 Å². The Balaban J connectivity index is 2.30. The molecule has 0 radical (unpaired) electrons. The number of anilines is 1. The van der Waals surface area contributed by atoms with E-state index >= 15 is 0 Å². The van der Waals surface area contributed by atoms with E-state index in [0.717, 1.165) is 0 Å². The topological polar surface area (TPSA) is 92.2 Å². The molecule has 0 fully saturated rings. The van der Waals surface area contributed by atoms with E-state index in [0.29, 0.717) is 12.0 Å². The Labute approximate surface area is 117 Å². The van der Waals surface area contributed by atoms with Gasteiger partial charge in [-0.2, -0.15) is 0 Å². The first-order valence-electron chi connectivity index (χ1n) is 6.09. The highest BCUT2D eigenvalue weighted by atomic mass is 32.2. The van der Waals surface area contributed by atoms with Gasteiger partial charge in [-0.05, 0) is 24.1 Å². The minimum absolute atomic E-state index is 0.0892. The molecule has 6 nitrogen and oxygen atoms in total. The molecule has 106 valence electrons. The van der Waals surface area contributed by atoms with E-state index in [1.807, 2.05) is 6.92 Å². The standard InChI is InChI=1S/C13H15N3O3S/c1-2-13(17)10-4-3-5-12(6-10)20(18,19)16-11-7-14-9-15-8-11/h3-9,13,16-17H,2H2,1H3. The van der Waals surface area contributed by atoms with Crippen LogP contribution >= 0.6 is 0 Å². The van der Waals surface area contributed by atoms with Crippen LogP contribution < -0.4 is 4.72 Å². The summed E-state index contributed by atoms with van der Waals surface area (Å²) < 4.78 is 26.8. The summed E-state index contributed by atoms with van der Waals surface area (Å²) in [6, 6.07) is 6.22. The lowest BCUT2D eigenvalue weighted by Gasteiger charge is -2.11. The summed E-state index contributed by atoms with van der Waals surface area (Å²) in [5.74, 6) is 0. The normalized spacial score (nSPS) is 12.9. The fourth-order valence-electron chi connectivity index (χ4n) is 1.69. The molecule has 0 aliphatic carbocycles. The summed E-state index contributed by atoms with van der Waals surface area (Å²) in [4.78, 5) is 7.58. The van der Waals surface area contributed by atoms with Crippen LogP contribution in [0.3, 0.4) is 0 Å². The Morgan fingerprint density at radius 2 is 2.00 bits per heavy atom. The van der Waals surface area contributed by atoms with Crippen LogP contribution in [-0.2, 0) is 10.0 Å².